The molecule has 0 atom stereocenters. The quantitative estimate of drug-likeness (QED) is 0.506. The van der Waals surface area contributed by atoms with Gasteiger partial charge in [0.25, 0.3) is 0 Å². The molecular weight excluding hydrogens is 172 g/mol. The molecule has 0 aliphatic carbocycles. The molecular formula is C5H12ClNO2P+. The minimum atomic E-state index is -0.105. The summed E-state index contributed by atoms with van der Waals surface area (Å²) >= 11 is 0. The molecule has 0 rings (SSSR count). The van der Waals surface area contributed by atoms with Crippen LogP contribution >= 0.6 is 20.3 Å². The second-order valence-corrected chi connectivity index (χ2v) is 2.71. The first-order valence-corrected chi connectivity index (χ1v) is 3.47. The van der Waals surface area contributed by atoms with E-state index < -0.39 is 0 Å². The summed E-state index contributed by atoms with van der Waals surface area (Å²) in [6.07, 6.45) is 0. The molecule has 0 spiro atoms. The van der Waals surface area contributed by atoms with Gasteiger partial charge in [-0.15, -0.1) is 12.4 Å². The molecule has 60 valence electrons. The molecule has 0 bridgehead atoms. The van der Waals surface area contributed by atoms with Crippen molar-refractivity contribution in [3.63, 3.8) is 0 Å². The molecule has 0 unspecified atom stereocenters. The van der Waals surface area contributed by atoms with Crippen LogP contribution in [0.2, 0.25) is 0 Å². The second kappa shape index (κ2) is 5.96. The zero-order valence-electron chi connectivity index (χ0n) is 6.07. The Morgan fingerprint density at radius 1 is 1.60 bits per heavy atom. The summed E-state index contributed by atoms with van der Waals surface area (Å²) in [6, 6.07) is 0. The Morgan fingerprint density at radius 3 is 2.40 bits per heavy atom. The van der Waals surface area contributed by atoms with Gasteiger partial charge in [0.1, 0.15) is 0 Å². The number of quaternary nitrogens is 1. The van der Waals surface area contributed by atoms with Crippen molar-refractivity contribution in [2.24, 2.45) is 0 Å². The van der Waals surface area contributed by atoms with Crippen molar-refractivity contribution in [3.8, 4) is 5.75 Å². The molecule has 0 aromatic carbocycles. The van der Waals surface area contributed by atoms with Crippen molar-refractivity contribution >= 4 is 20.3 Å². The van der Waals surface area contributed by atoms with Crippen molar-refractivity contribution in [2.45, 2.75) is 0 Å². The molecule has 0 saturated carbocycles. The normalized spacial score (nSPS) is 9.50. The summed E-state index contributed by atoms with van der Waals surface area (Å²) in [5.41, 5.74) is 0. The van der Waals surface area contributed by atoms with E-state index in [-0.39, 0.29) is 26.9 Å². The summed E-state index contributed by atoms with van der Waals surface area (Å²) < 4.78 is 10.3. The summed E-state index contributed by atoms with van der Waals surface area (Å²) in [4.78, 5) is 0. The predicted molar refractivity (Wildman–Crippen MR) is 42.8 cm³/mol. The monoisotopic (exact) mass is 184 g/mol. The summed E-state index contributed by atoms with van der Waals surface area (Å²) in [5, 5.41) is 8.47. The first-order chi connectivity index (χ1) is 4.12. The van der Waals surface area contributed by atoms with E-state index in [4.69, 9.17) is 5.11 Å². The number of halogens is 1. The SMILES string of the molecule is C[N+](C)(C#P=O)CCO.Cl. The number of nitrogens with zero attached hydrogens (tertiary/aromatic N) is 1. The third-order valence-electron chi connectivity index (χ3n) is 0.971. The van der Waals surface area contributed by atoms with Gasteiger partial charge >= 0.3 is 55.1 Å². The van der Waals surface area contributed by atoms with E-state index in [0.717, 1.165) is 0 Å². The fourth-order valence-corrected chi connectivity index (χ4v) is 0.732. The van der Waals surface area contributed by atoms with Crippen molar-refractivity contribution < 1.29 is 14.2 Å². The minimum absolute atomic E-state index is 0. The van der Waals surface area contributed by atoms with Gasteiger partial charge in [-0.25, -0.2) is 0 Å². The van der Waals surface area contributed by atoms with Gasteiger partial charge in [0.2, 0.25) is 0 Å². The van der Waals surface area contributed by atoms with Gasteiger partial charge in [-0.2, -0.15) is 0 Å². The van der Waals surface area contributed by atoms with Crippen LogP contribution in [0.1, 0.15) is 0 Å². The first kappa shape index (κ1) is 12.9. The van der Waals surface area contributed by atoms with E-state index in [1.165, 1.54) is 0 Å². The number of likely N-dealkylation sites (N-methyl/N-ethyl adjacent to an activating group) is 1. The average molecular weight is 185 g/mol. The van der Waals surface area contributed by atoms with Gasteiger partial charge in [0.15, 0.2) is 0 Å². The largest absolute Gasteiger partial charge is 0.147 e. The van der Waals surface area contributed by atoms with Gasteiger partial charge in [0.05, 0.1) is 0 Å². The van der Waals surface area contributed by atoms with Crippen molar-refractivity contribution in [3.05, 3.63) is 0 Å². The molecule has 0 aliphatic heterocycles. The fourth-order valence-electron chi connectivity index (χ4n) is 0.411. The van der Waals surface area contributed by atoms with Crippen LogP contribution in [-0.2, 0) is 4.57 Å². The Hall–Kier alpha value is 0.220. The number of aliphatic hydroxyl groups excluding tert-OH is 1. The standard InChI is InChI=1S/C5H11NO2P.ClH/c1-6(2,3-4-7)5-9-8;/h7H,3-4H2,1-2H3;1H/q+1;. The minimum Gasteiger partial charge on any atom is -0.147 e. The zero-order chi connectivity index (χ0) is 7.33. The van der Waals surface area contributed by atoms with Crippen LogP contribution in [0, 0.1) is 5.75 Å². The van der Waals surface area contributed by atoms with E-state index in [1.54, 1.807) is 0 Å². The molecule has 0 radical (unpaired) electrons. The third kappa shape index (κ3) is 6.34. The Balaban J connectivity index is 0. The van der Waals surface area contributed by atoms with Gasteiger partial charge in [-0.3, -0.25) is 0 Å². The number of aliphatic hydroxyl groups is 1. The maximum Gasteiger partial charge on any atom is -0.147 e. The molecule has 0 saturated heterocycles. The van der Waals surface area contributed by atoms with Gasteiger partial charge in [0, 0.05) is 0 Å². The van der Waals surface area contributed by atoms with E-state index in [9.17, 15) is 4.57 Å². The Kier molecular flexibility index (Phi) is 7.67. The smallest absolute Gasteiger partial charge is 0.147 e. The third-order valence-corrected chi connectivity index (χ3v) is 1.59. The summed E-state index contributed by atoms with van der Waals surface area (Å²) in [5.74, 6) is 2.62. The van der Waals surface area contributed by atoms with Crippen molar-refractivity contribution in [1.82, 2.24) is 0 Å². The van der Waals surface area contributed by atoms with E-state index in [2.05, 4.69) is 5.75 Å². The molecule has 1 N–H and O–H groups in total. The van der Waals surface area contributed by atoms with Crippen LogP contribution in [0.4, 0.5) is 0 Å². The zero-order valence-corrected chi connectivity index (χ0v) is 7.78. The van der Waals surface area contributed by atoms with Crippen LogP contribution in [0.5, 0.6) is 0 Å². The Bertz CT molecular complexity index is 175. The number of hydrogen-bond donors (Lipinski definition) is 1. The van der Waals surface area contributed by atoms with Crippen molar-refractivity contribution in [1.29, 1.82) is 0 Å². The van der Waals surface area contributed by atoms with Crippen LogP contribution in [0.15, 0.2) is 0 Å². The molecule has 0 amide bonds. The molecule has 5 heteroatoms. The molecule has 0 fully saturated rings. The molecule has 10 heavy (non-hydrogen) atoms. The van der Waals surface area contributed by atoms with Gasteiger partial charge in [-0.1, -0.05) is 0 Å². The molecule has 0 heterocycles. The molecule has 0 aromatic heterocycles. The van der Waals surface area contributed by atoms with Crippen molar-refractivity contribution in [2.75, 3.05) is 27.2 Å². The second-order valence-electron chi connectivity index (χ2n) is 2.32. The summed E-state index contributed by atoms with van der Waals surface area (Å²) in [6.45, 7) is 0.644. The fraction of sp³-hybridized carbons (Fsp3) is 0.800. The number of hydrogen-bond acceptors (Lipinski definition) is 2. The van der Waals surface area contributed by atoms with Crippen LogP contribution < -0.4 is 0 Å². The predicted octanol–water partition coefficient (Wildman–Crippen LogP) is 0.685. The topological polar surface area (TPSA) is 37.3 Å². The van der Waals surface area contributed by atoms with Crippen LogP contribution in [-0.4, -0.2) is 36.8 Å². The van der Waals surface area contributed by atoms with Gasteiger partial charge < -0.3 is 0 Å². The van der Waals surface area contributed by atoms with E-state index >= 15 is 0 Å². The van der Waals surface area contributed by atoms with E-state index in [1.807, 2.05) is 14.1 Å². The summed E-state index contributed by atoms with van der Waals surface area (Å²) in [7, 11) is 3.54. The van der Waals surface area contributed by atoms with Crippen LogP contribution in [0.3, 0.4) is 0 Å². The Morgan fingerprint density at radius 2 is 2.10 bits per heavy atom. The Labute approximate surface area is 68.2 Å². The van der Waals surface area contributed by atoms with Crippen LogP contribution in [0.25, 0.3) is 0 Å². The maximum absolute atomic E-state index is 9.98. The first-order valence-electron chi connectivity index (χ1n) is 2.66. The van der Waals surface area contributed by atoms with Gasteiger partial charge in [-0.05, 0) is 0 Å². The maximum atomic E-state index is 9.98. The molecule has 0 aromatic rings. The molecule has 3 nitrogen and oxygen atoms in total. The number of rotatable bonds is 2. The van der Waals surface area contributed by atoms with E-state index in [0.29, 0.717) is 11.0 Å². The molecule has 0 aliphatic rings. The average Bonchev–Trinajstić information content (AvgIpc) is 1.64.